The minimum Gasteiger partial charge on any atom is -0.307 e. The van der Waals surface area contributed by atoms with Gasteiger partial charge in [-0.3, -0.25) is 0 Å². The summed E-state index contributed by atoms with van der Waals surface area (Å²) in [6.45, 7) is 0.438. The van der Waals surface area contributed by atoms with Crippen molar-refractivity contribution in [1.29, 1.82) is 0 Å². The number of halogens is 2. The molecule has 1 aliphatic heterocycles. The molecule has 1 unspecified atom stereocenters. The zero-order valence-electron chi connectivity index (χ0n) is 7.19. The van der Waals surface area contributed by atoms with Gasteiger partial charge in [-0.2, -0.15) is 0 Å². The summed E-state index contributed by atoms with van der Waals surface area (Å²) in [5.74, 6) is 0. The molecule has 13 heavy (non-hydrogen) atoms. The summed E-state index contributed by atoms with van der Waals surface area (Å²) >= 11 is 5.85. The molecule has 1 N–H and O–H groups in total. The van der Waals surface area contributed by atoms with E-state index in [1.165, 1.54) is 11.1 Å². The number of rotatable bonds is 1. The van der Waals surface area contributed by atoms with Gasteiger partial charge in [0.2, 0.25) is 0 Å². The maximum absolute atomic E-state index is 12.4. The summed E-state index contributed by atoms with van der Waals surface area (Å²) in [4.78, 5) is 0. The molecule has 1 nitrogen and oxygen atoms in total. The molecule has 0 bridgehead atoms. The Kier molecular flexibility index (Phi) is 2.51. The van der Waals surface area contributed by atoms with Crippen LogP contribution in [-0.2, 0) is 13.0 Å². The van der Waals surface area contributed by atoms with Gasteiger partial charge >= 0.3 is 0 Å². The highest BCUT2D eigenvalue weighted by Crippen LogP contribution is 2.21. The van der Waals surface area contributed by atoms with Crippen LogP contribution in [0, 0.1) is 0 Å². The van der Waals surface area contributed by atoms with E-state index in [0.717, 1.165) is 18.0 Å². The summed E-state index contributed by atoms with van der Waals surface area (Å²) < 4.78 is 12.4. The standard InChI is InChI=1S/C10H11ClFN/c11-9-2-1-7-6-13-10(5-12)4-8(7)3-9/h1-3,10,13H,4-6H2. The average molecular weight is 200 g/mol. The van der Waals surface area contributed by atoms with Gasteiger partial charge in [-0.25, -0.2) is 4.39 Å². The van der Waals surface area contributed by atoms with Gasteiger partial charge in [0.1, 0.15) is 6.67 Å². The fourth-order valence-electron chi connectivity index (χ4n) is 1.66. The van der Waals surface area contributed by atoms with Crippen molar-refractivity contribution in [3.63, 3.8) is 0 Å². The second-order valence-electron chi connectivity index (χ2n) is 3.35. The Bertz CT molecular complexity index is 314. The third-order valence-corrected chi connectivity index (χ3v) is 2.64. The van der Waals surface area contributed by atoms with E-state index in [1.807, 2.05) is 18.2 Å². The summed E-state index contributed by atoms with van der Waals surface area (Å²) in [5, 5.41) is 3.86. The normalized spacial score (nSPS) is 21.2. The van der Waals surface area contributed by atoms with Crippen molar-refractivity contribution in [2.45, 2.75) is 19.0 Å². The predicted octanol–water partition coefficient (Wildman–Crippen LogP) is 2.32. The fraction of sp³-hybridized carbons (Fsp3) is 0.400. The van der Waals surface area contributed by atoms with E-state index in [0.29, 0.717) is 0 Å². The van der Waals surface area contributed by atoms with Crippen LogP contribution in [0.4, 0.5) is 4.39 Å². The molecule has 1 heterocycles. The maximum Gasteiger partial charge on any atom is 0.105 e. The first-order valence-electron chi connectivity index (χ1n) is 4.36. The molecule has 3 heteroatoms. The lowest BCUT2D eigenvalue weighted by atomic mass is 9.96. The average Bonchev–Trinajstić information content (AvgIpc) is 2.16. The highest BCUT2D eigenvalue weighted by atomic mass is 35.5. The van der Waals surface area contributed by atoms with Crippen molar-refractivity contribution >= 4 is 11.6 Å². The van der Waals surface area contributed by atoms with Gasteiger partial charge in [0.05, 0.1) is 0 Å². The monoisotopic (exact) mass is 199 g/mol. The fourth-order valence-corrected chi connectivity index (χ4v) is 1.85. The van der Waals surface area contributed by atoms with E-state index < -0.39 is 0 Å². The van der Waals surface area contributed by atoms with Crippen LogP contribution in [0.5, 0.6) is 0 Å². The van der Waals surface area contributed by atoms with Gasteiger partial charge in [0.15, 0.2) is 0 Å². The van der Waals surface area contributed by atoms with Crippen molar-refractivity contribution in [2.24, 2.45) is 0 Å². The molecule has 2 rings (SSSR count). The molecule has 0 fully saturated rings. The Labute approximate surface area is 81.9 Å². The molecule has 0 radical (unpaired) electrons. The molecular weight excluding hydrogens is 189 g/mol. The summed E-state index contributed by atoms with van der Waals surface area (Å²) in [6, 6.07) is 5.77. The third-order valence-electron chi connectivity index (χ3n) is 2.40. The molecule has 0 saturated carbocycles. The number of fused-ring (bicyclic) bond motifs is 1. The molecule has 1 aromatic carbocycles. The van der Waals surface area contributed by atoms with Crippen molar-refractivity contribution in [2.75, 3.05) is 6.67 Å². The van der Waals surface area contributed by atoms with Gasteiger partial charge < -0.3 is 5.32 Å². The predicted molar refractivity (Wildman–Crippen MR) is 51.8 cm³/mol. The zero-order valence-corrected chi connectivity index (χ0v) is 7.94. The van der Waals surface area contributed by atoms with E-state index >= 15 is 0 Å². The van der Waals surface area contributed by atoms with Crippen LogP contribution < -0.4 is 5.32 Å². The zero-order chi connectivity index (χ0) is 9.26. The first-order chi connectivity index (χ1) is 6.29. The lowest BCUT2D eigenvalue weighted by molar-refractivity contribution is 0.359. The molecule has 1 aromatic rings. The maximum atomic E-state index is 12.4. The van der Waals surface area contributed by atoms with Gasteiger partial charge in [-0.05, 0) is 29.7 Å². The van der Waals surface area contributed by atoms with E-state index in [4.69, 9.17) is 11.6 Å². The van der Waals surface area contributed by atoms with Gasteiger partial charge in [0.25, 0.3) is 0 Å². The van der Waals surface area contributed by atoms with Crippen LogP contribution >= 0.6 is 11.6 Å². The van der Waals surface area contributed by atoms with E-state index in [-0.39, 0.29) is 12.7 Å². The van der Waals surface area contributed by atoms with E-state index in [1.54, 1.807) is 0 Å². The summed E-state index contributed by atoms with van der Waals surface area (Å²) in [7, 11) is 0. The SMILES string of the molecule is FCC1Cc2cc(Cl)ccc2CN1. The molecule has 0 aliphatic carbocycles. The number of nitrogens with one attached hydrogen (secondary N) is 1. The molecule has 0 amide bonds. The summed E-state index contributed by atoms with van der Waals surface area (Å²) in [6.07, 6.45) is 0.742. The number of benzene rings is 1. The first-order valence-corrected chi connectivity index (χ1v) is 4.74. The minimum absolute atomic E-state index is 0.0361. The third kappa shape index (κ3) is 1.84. The van der Waals surface area contributed by atoms with Crippen LogP contribution in [0.1, 0.15) is 11.1 Å². The minimum atomic E-state index is -0.314. The van der Waals surface area contributed by atoms with Crippen molar-refractivity contribution in [1.82, 2.24) is 5.32 Å². The molecule has 0 spiro atoms. The highest BCUT2D eigenvalue weighted by Gasteiger charge is 2.17. The second kappa shape index (κ2) is 3.64. The van der Waals surface area contributed by atoms with Crippen LogP contribution in [0.15, 0.2) is 18.2 Å². The van der Waals surface area contributed by atoms with Crippen LogP contribution in [0.2, 0.25) is 5.02 Å². The Morgan fingerprint density at radius 3 is 3.08 bits per heavy atom. The number of hydrogen-bond acceptors (Lipinski definition) is 1. The molecule has 1 atom stereocenters. The molecular formula is C10H11ClFN. The molecule has 0 saturated heterocycles. The molecule has 70 valence electrons. The van der Waals surface area contributed by atoms with Crippen LogP contribution in [0.25, 0.3) is 0 Å². The van der Waals surface area contributed by atoms with Crippen molar-refractivity contribution < 1.29 is 4.39 Å². The lowest BCUT2D eigenvalue weighted by Crippen LogP contribution is -2.36. The smallest absolute Gasteiger partial charge is 0.105 e. The van der Waals surface area contributed by atoms with Gasteiger partial charge in [-0.1, -0.05) is 17.7 Å². The van der Waals surface area contributed by atoms with E-state index in [2.05, 4.69) is 5.32 Å². The molecule has 0 aromatic heterocycles. The first kappa shape index (κ1) is 8.97. The Morgan fingerprint density at radius 2 is 2.31 bits per heavy atom. The Morgan fingerprint density at radius 1 is 1.46 bits per heavy atom. The quantitative estimate of drug-likeness (QED) is 0.732. The van der Waals surface area contributed by atoms with Crippen LogP contribution in [0.3, 0.4) is 0 Å². The van der Waals surface area contributed by atoms with E-state index in [9.17, 15) is 4.39 Å². The van der Waals surface area contributed by atoms with Crippen LogP contribution in [-0.4, -0.2) is 12.7 Å². The second-order valence-corrected chi connectivity index (χ2v) is 3.79. The molecule has 1 aliphatic rings. The van der Waals surface area contributed by atoms with Gasteiger partial charge in [-0.15, -0.1) is 0 Å². The van der Waals surface area contributed by atoms with Crippen molar-refractivity contribution in [3.05, 3.63) is 34.3 Å². The van der Waals surface area contributed by atoms with Crippen molar-refractivity contribution in [3.8, 4) is 0 Å². The Hall–Kier alpha value is -0.600. The number of alkyl halides is 1. The highest BCUT2D eigenvalue weighted by molar-refractivity contribution is 6.30. The largest absolute Gasteiger partial charge is 0.307 e. The lowest BCUT2D eigenvalue weighted by Gasteiger charge is -2.23. The topological polar surface area (TPSA) is 12.0 Å². The van der Waals surface area contributed by atoms with Gasteiger partial charge in [0, 0.05) is 17.6 Å². The number of hydrogen-bond donors (Lipinski definition) is 1. The Balaban J connectivity index is 2.27. The summed E-state index contributed by atoms with van der Waals surface area (Å²) in [5.41, 5.74) is 2.41.